The van der Waals surface area contributed by atoms with Crippen LogP contribution in [0.15, 0.2) is 69.3 Å². The summed E-state index contributed by atoms with van der Waals surface area (Å²) in [7, 11) is 4.60. The predicted molar refractivity (Wildman–Crippen MR) is 131 cm³/mol. The number of rotatable bonds is 9. The van der Waals surface area contributed by atoms with Crippen LogP contribution in [0.2, 0.25) is 0 Å². The van der Waals surface area contributed by atoms with Crippen LogP contribution in [0, 0.1) is 0 Å². The Labute approximate surface area is 200 Å². The first kappa shape index (κ1) is 23.7. The van der Waals surface area contributed by atoms with Crippen molar-refractivity contribution in [3.05, 3.63) is 81.0 Å². The molecule has 1 atom stereocenters. The zero-order valence-corrected chi connectivity index (χ0v) is 20.0. The van der Waals surface area contributed by atoms with E-state index in [9.17, 15) is 14.7 Å². The highest BCUT2D eigenvalue weighted by molar-refractivity contribution is 7.98. The number of fused-ring (bicyclic) bond motifs is 1. The number of hydrogen-bond donors (Lipinski definition) is 1. The van der Waals surface area contributed by atoms with Crippen LogP contribution in [-0.4, -0.2) is 43.6 Å². The number of thioether (sulfide) groups is 1. The van der Waals surface area contributed by atoms with Gasteiger partial charge in [0.1, 0.15) is 24.2 Å². The van der Waals surface area contributed by atoms with Gasteiger partial charge in [-0.15, -0.1) is 0 Å². The van der Waals surface area contributed by atoms with Gasteiger partial charge in [0, 0.05) is 19.8 Å². The Morgan fingerprint density at radius 3 is 2.35 bits per heavy atom. The monoisotopic (exact) mass is 482 g/mol. The molecule has 0 saturated heterocycles. The summed E-state index contributed by atoms with van der Waals surface area (Å²) in [5.41, 5.74) is 0.734. The Bertz CT molecular complexity index is 1390. The van der Waals surface area contributed by atoms with Crippen LogP contribution in [0.4, 0.5) is 0 Å². The lowest BCUT2D eigenvalue weighted by molar-refractivity contribution is 0.0913. The van der Waals surface area contributed by atoms with Gasteiger partial charge >= 0.3 is 5.69 Å². The van der Waals surface area contributed by atoms with Gasteiger partial charge in [-0.1, -0.05) is 42.1 Å². The Balaban J connectivity index is 1.62. The number of imidazole rings is 1. The summed E-state index contributed by atoms with van der Waals surface area (Å²) in [4.78, 5) is 30.0. The van der Waals surface area contributed by atoms with E-state index in [1.54, 1.807) is 43.0 Å². The van der Waals surface area contributed by atoms with Crippen molar-refractivity contribution in [3.8, 4) is 11.5 Å². The molecule has 0 aliphatic heterocycles. The second kappa shape index (κ2) is 10.2. The molecular formula is C24H26N4O5S. The fraction of sp³-hybridized carbons (Fsp3) is 0.292. The van der Waals surface area contributed by atoms with Crippen LogP contribution in [0.3, 0.4) is 0 Å². The van der Waals surface area contributed by atoms with Crippen LogP contribution in [0.1, 0.15) is 5.56 Å². The van der Waals surface area contributed by atoms with Crippen LogP contribution in [0.25, 0.3) is 11.2 Å². The molecule has 0 aliphatic carbocycles. The molecule has 178 valence electrons. The number of aliphatic hydroxyl groups excluding tert-OH is 1. The van der Waals surface area contributed by atoms with Gasteiger partial charge in [0.15, 0.2) is 16.3 Å². The fourth-order valence-electron chi connectivity index (χ4n) is 3.56. The van der Waals surface area contributed by atoms with Crippen molar-refractivity contribution in [1.29, 1.82) is 0 Å². The molecule has 0 fully saturated rings. The number of aliphatic hydroxyl groups is 1. The van der Waals surface area contributed by atoms with E-state index < -0.39 is 17.4 Å². The summed E-state index contributed by atoms with van der Waals surface area (Å²) >= 11 is 1.44. The second-order valence-electron chi connectivity index (χ2n) is 7.80. The third kappa shape index (κ3) is 4.87. The molecule has 2 heterocycles. The van der Waals surface area contributed by atoms with Gasteiger partial charge in [-0.2, -0.15) is 0 Å². The summed E-state index contributed by atoms with van der Waals surface area (Å²) in [6, 6.07) is 16.9. The topological polar surface area (TPSA) is 101 Å². The maximum absolute atomic E-state index is 13.0. The Kier molecular flexibility index (Phi) is 7.09. The van der Waals surface area contributed by atoms with Crippen molar-refractivity contribution in [2.45, 2.75) is 23.6 Å². The predicted octanol–water partition coefficient (Wildman–Crippen LogP) is 2.17. The zero-order valence-electron chi connectivity index (χ0n) is 19.2. The molecule has 9 nitrogen and oxygen atoms in total. The molecule has 4 rings (SSSR count). The van der Waals surface area contributed by atoms with Gasteiger partial charge in [0.25, 0.3) is 5.56 Å². The molecule has 0 aliphatic rings. The minimum atomic E-state index is -0.919. The highest BCUT2D eigenvalue weighted by atomic mass is 32.2. The third-order valence-electron chi connectivity index (χ3n) is 5.42. The summed E-state index contributed by atoms with van der Waals surface area (Å²) in [6.07, 6.45) is -0.919. The number of ether oxygens (including phenoxy) is 2. The lowest BCUT2D eigenvalue weighted by atomic mass is 10.2. The van der Waals surface area contributed by atoms with Gasteiger partial charge in [-0.3, -0.25) is 13.9 Å². The number of aromatic nitrogens is 4. The molecule has 0 saturated carbocycles. The van der Waals surface area contributed by atoms with Crippen LogP contribution in [-0.2, 0) is 26.4 Å². The molecule has 2 aromatic heterocycles. The van der Waals surface area contributed by atoms with Crippen molar-refractivity contribution < 1.29 is 14.6 Å². The van der Waals surface area contributed by atoms with Crippen molar-refractivity contribution in [2.75, 3.05) is 13.7 Å². The lowest BCUT2D eigenvalue weighted by Crippen LogP contribution is -2.38. The summed E-state index contributed by atoms with van der Waals surface area (Å²) in [5.74, 6) is 1.92. The molecule has 4 aromatic rings. The van der Waals surface area contributed by atoms with E-state index in [4.69, 9.17) is 9.47 Å². The number of aryl methyl sites for hydroxylation is 1. The van der Waals surface area contributed by atoms with Crippen molar-refractivity contribution in [1.82, 2.24) is 18.7 Å². The minimum absolute atomic E-state index is 0.0148. The van der Waals surface area contributed by atoms with E-state index in [0.29, 0.717) is 22.4 Å². The molecule has 2 aromatic carbocycles. The Morgan fingerprint density at radius 2 is 1.68 bits per heavy atom. The molecule has 0 bridgehead atoms. The van der Waals surface area contributed by atoms with E-state index in [0.717, 1.165) is 10.1 Å². The van der Waals surface area contributed by atoms with Gasteiger partial charge in [-0.25, -0.2) is 9.78 Å². The highest BCUT2D eigenvalue weighted by Crippen LogP contribution is 2.25. The van der Waals surface area contributed by atoms with Crippen LogP contribution in [0.5, 0.6) is 11.5 Å². The standard InChI is InChI=1S/C24H26N4O5S/c1-26-21-20(22(30)27(2)24(26)31)28(23(25-21)34-15-16-7-5-4-6-8-16)13-17(29)14-33-19-11-9-18(32-3)10-12-19/h4-12,17,29H,13-15H2,1-3H3/t17-/m0/s1. The first-order chi connectivity index (χ1) is 16.4. The maximum Gasteiger partial charge on any atom is 0.332 e. The van der Waals surface area contributed by atoms with E-state index in [1.165, 1.54) is 23.4 Å². The first-order valence-corrected chi connectivity index (χ1v) is 11.7. The van der Waals surface area contributed by atoms with E-state index >= 15 is 0 Å². The summed E-state index contributed by atoms with van der Waals surface area (Å²) in [5, 5.41) is 11.3. The van der Waals surface area contributed by atoms with Gasteiger partial charge in [0.2, 0.25) is 0 Å². The zero-order chi connectivity index (χ0) is 24.2. The molecule has 0 spiro atoms. The summed E-state index contributed by atoms with van der Waals surface area (Å²) in [6.45, 7) is 0.0953. The van der Waals surface area contributed by atoms with Crippen molar-refractivity contribution in [3.63, 3.8) is 0 Å². The SMILES string of the molecule is COc1ccc(OC[C@@H](O)Cn2c(SCc3ccccc3)nc3c2c(=O)n(C)c(=O)n3C)cc1. The van der Waals surface area contributed by atoms with E-state index in [2.05, 4.69) is 4.98 Å². The van der Waals surface area contributed by atoms with E-state index in [-0.39, 0.29) is 24.3 Å². The molecule has 10 heteroatoms. The van der Waals surface area contributed by atoms with E-state index in [1.807, 2.05) is 30.3 Å². The smallest absolute Gasteiger partial charge is 0.332 e. The minimum Gasteiger partial charge on any atom is -0.497 e. The highest BCUT2D eigenvalue weighted by Gasteiger charge is 2.21. The molecule has 0 amide bonds. The number of methoxy groups -OCH3 is 1. The normalized spacial score (nSPS) is 12.1. The second-order valence-corrected chi connectivity index (χ2v) is 8.74. The number of nitrogens with zero attached hydrogens (tertiary/aromatic N) is 4. The first-order valence-electron chi connectivity index (χ1n) is 10.7. The molecule has 1 N–H and O–H groups in total. The van der Waals surface area contributed by atoms with Crippen molar-refractivity contribution in [2.24, 2.45) is 14.1 Å². The average molecular weight is 483 g/mol. The van der Waals surface area contributed by atoms with Gasteiger partial charge in [0.05, 0.1) is 13.7 Å². The molecule has 0 unspecified atom stereocenters. The Hall–Kier alpha value is -3.50. The molecule has 0 radical (unpaired) electrons. The largest absolute Gasteiger partial charge is 0.497 e. The molecule has 34 heavy (non-hydrogen) atoms. The molecular weight excluding hydrogens is 456 g/mol. The van der Waals surface area contributed by atoms with Gasteiger partial charge in [-0.05, 0) is 29.8 Å². The fourth-order valence-corrected chi connectivity index (χ4v) is 4.52. The lowest BCUT2D eigenvalue weighted by Gasteiger charge is -2.15. The average Bonchev–Trinajstić information content (AvgIpc) is 3.22. The number of hydrogen-bond acceptors (Lipinski definition) is 7. The third-order valence-corrected chi connectivity index (χ3v) is 6.47. The van der Waals surface area contributed by atoms with Crippen LogP contribution >= 0.6 is 11.8 Å². The Morgan fingerprint density at radius 1 is 1.00 bits per heavy atom. The maximum atomic E-state index is 13.0. The van der Waals surface area contributed by atoms with Crippen molar-refractivity contribution >= 4 is 22.9 Å². The van der Waals surface area contributed by atoms with Crippen LogP contribution < -0.4 is 20.7 Å². The number of benzene rings is 2. The summed E-state index contributed by atoms with van der Waals surface area (Å²) < 4.78 is 14.9. The van der Waals surface area contributed by atoms with Gasteiger partial charge < -0.3 is 19.1 Å². The quantitative estimate of drug-likeness (QED) is 0.365.